The summed E-state index contributed by atoms with van der Waals surface area (Å²) < 4.78 is 10.3. The maximum Gasteiger partial charge on any atom is 0.363 e. The Hall–Kier alpha value is -3.48. The number of carbonyl (C=O) groups excluding carboxylic acids is 1. The summed E-state index contributed by atoms with van der Waals surface area (Å²) in [5.41, 5.74) is 0.753. The van der Waals surface area contributed by atoms with Gasteiger partial charge in [0.05, 0.1) is 17.6 Å². The van der Waals surface area contributed by atoms with E-state index in [-0.39, 0.29) is 22.8 Å². The Morgan fingerprint density at radius 3 is 2.75 bits per heavy atom. The number of hydrogen-bond donors (Lipinski definition) is 0. The molecule has 0 fully saturated rings. The molecule has 0 saturated heterocycles. The molecule has 1 heterocycles. The average molecular weight is 324 g/mol. The first-order valence-electron chi connectivity index (χ1n) is 6.99. The third-order valence-corrected chi connectivity index (χ3v) is 3.36. The van der Waals surface area contributed by atoms with Crippen molar-refractivity contribution in [2.24, 2.45) is 4.99 Å². The number of esters is 1. The first-order valence-corrected chi connectivity index (χ1v) is 6.99. The maximum atomic E-state index is 12.0. The van der Waals surface area contributed by atoms with Crippen LogP contribution in [0, 0.1) is 10.1 Å². The number of methoxy groups -OCH3 is 1. The molecule has 0 aromatic heterocycles. The number of ether oxygens (including phenoxy) is 2. The van der Waals surface area contributed by atoms with E-state index in [1.165, 1.54) is 25.3 Å². The molecule has 120 valence electrons. The summed E-state index contributed by atoms with van der Waals surface area (Å²) in [4.78, 5) is 26.7. The zero-order chi connectivity index (χ0) is 17.1. The highest BCUT2D eigenvalue weighted by Gasteiger charge is 2.25. The van der Waals surface area contributed by atoms with Gasteiger partial charge in [0, 0.05) is 11.6 Å². The van der Waals surface area contributed by atoms with Crippen molar-refractivity contribution in [1.29, 1.82) is 0 Å². The van der Waals surface area contributed by atoms with Gasteiger partial charge in [-0.15, -0.1) is 0 Å². The highest BCUT2D eigenvalue weighted by molar-refractivity contribution is 6.13. The lowest BCUT2D eigenvalue weighted by molar-refractivity contribution is -0.385. The Morgan fingerprint density at radius 2 is 2.00 bits per heavy atom. The third kappa shape index (κ3) is 3.00. The third-order valence-electron chi connectivity index (χ3n) is 3.36. The van der Waals surface area contributed by atoms with E-state index in [1.54, 1.807) is 36.4 Å². The smallest absolute Gasteiger partial charge is 0.363 e. The first kappa shape index (κ1) is 15.4. The van der Waals surface area contributed by atoms with Crippen LogP contribution in [-0.4, -0.2) is 23.9 Å². The van der Waals surface area contributed by atoms with Crippen molar-refractivity contribution in [1.82, 2.24) is 0 Å². The number of nitrogens with zero attached hydrogens (tertiary/aromatic N) is 2. The number of para-hydroxylation sites is 1. The minimum atomic E-state index is -0.661. The quantitative estimate of drug-likeness (QED) is 0.373. The fourth-order valence-corrected chi connectivity index (χ4v) is 2.21. The second-order valence-electron chi connectivity index (χ2n) is 4.88. The van der Waals surface area contributed by atoms with E-state index < -0.39 is 10.9 Å². The molecule has 3 rings (SSSR count). The van der Waals surface area contributed by atoms with Gasteiger partial charge in [0.1, 0.15) is 5.75 Å². The topological polar surface area (TPSA) is 91.0 Å². The minimum Gasteiger partial charge on any atom is -0.497 e. The molecule has 0 amide bonds. The first-order chi connectivity index (χ1) is 11.6. The number of nitro groups is 1. The number of aliphatic imine (C=N–C) groups is 1. The van der Waals surface area contributed by atoms with Gasteiger partial charge in [0.25, 0.3) is 5.69 Å². The molecule has 0 N–H and O–H groups in total. The average Bonchev–Trinajstić information content (AvgIpc) is 2.96. The van der Waals surface area contributed by atoms with Gasteiger partial charge in [0.15, 0.2) is 5.70 Å². The molecule has 2 aromatic carbocycles. The predicted molar refractivity (Wildman–Crippen MR) is 86.7 cm³/mol. The molecule has 1 aliphatic heterocycles. The summed E-state index contributed by atoms with van der Waals surface area (Å²) in [6, 6.07) is 13.0. The van der Waals surface area contributed by atoms with Crippen LogP contribution in [0.5, 0.6) is 5.75 Å². The maximum absolute atomic E-state index is 12.0. The number of cyclic esters (lactones) is 1. The van der Waals surface area contributed by atoms with Gasteiger partial charge in [0.2, 0.25) is 5.90 Å². The Morgan fingerprint density at radius 1 is 1.21 bits per heavy atom. The van der Waals surface area contributed by atoms with E-state index in [4.69, 9.17) is 9.47 Å². The highest BCUT2D eigenvalue weighted by Crippen LogP contribution is 2.25. The van der Waals surface area contributed by atoms with Crippen LogP contribution in [0.3, 0.4) is 0 Å². The van der Waals surface area contributed by atoms with E-state index in [0.29, 0.717) is 11.3 Å². The van der Waals surface area contributed by atoms with Crippen LogP contribution in [0.25, 0.3) is 6.08 Å². The second kappa shape index (κ2) is 6.33. The molecule has 24 heavy (non-hydrogen) atoms. The lowest BCUT2D eigenvalue weighted by Crippen LogP contribution is -2.05. The zero-order valence-corrected chi connectivity index (χ0v) is 12.6. The Balaban J connectivity index is 1.99. The van der Waals surface area contributed by atoms with Crippen molar-refractivity contribution in [2.45, 2.75) is 0 Å². The minimum absolute atomic E-state index is 0.00196. The van der Waals surface area contributed by atoms with Gasteiger partial charge in [-0.2, -0.15) is 0 Å². The standard InChI is InChI=1S/C17H12N2O5/c1-23-13-7-4-6-12(9-13)16-18-14(17(20)24-16)10-11-5-2-3-8-15(11)19(21)22/h2-10H,1H3/b14-10-. The van der Waals surface area contributed by atoms with Crippen molar-refractivity contribution < 1.29 is 19.2 Å². The van der Waals surface area contributed by atoms with Crippen molar-refractivity contribution in [3.8, 4) is 5.75 Å². The number of rotatable bonds is 4. The largest absolute Gasteiger partial charge is 0.497 e. The number of nitro benzene ring substituents is 1. The highest BCUT2D eigenvalue weighted by atomic mass is 16.6. The molecule has 1 aliphatic rings. The molecule has 7 nitrogen and oxygen atoms in total. The lowest BCUT2D eigenvalue weighted by atomic mass is 10.1. The molecule has 2 aromatic rings. The number of carbonyl (C=O) groups is 1. The molecule has 0 unspecified atom stereocenters. The summed E-state index contributed by atoms with van der Waals surface area (Å²) >= 11 is 0. The molecule has 0 spiro atoms. The van der Waals surface area contributed by atoms with Gasteiger partial charge >= 0.3 is 5.97 Å². The monoisotopic (exact) mass is 324 g/mol. The molecule has 0 saturated carbocycles. The SMILES string of the molecule is COc1cccc(C2=N/C(=C\c3ccccc3[N+](=O)[O-])C(=O)O2)c1. The second-order valence-corrected chi connectivity index (χ2v) is 4.88. The number of hydrogen-bond acceptors (Lipinski definition) is 6. The summed E-state index contributed by atoms with van der Waals surface area (Å²) in [6.45, 7) is 0. The van der Waals surface area contributed by atoms with Gasteiger partial charge in [-0.3, -0.25) is 10.1 Å². The van der Waals surface area contributed by atoms with Crippen molar-refractivity contribution in [3.05, 3.63) is 75.5 Å². The molecule has 0 radical (unpaired) electrons. The Kier molecular flexibility index (Phi) is 4.07. The normalized spacial score (nSPS) is 15.1. The summed E-state index contributed by atoms with van der Waals surface area (Å²) in [7, 11) is 1.53. The van der Waals surface area contributed by atoms with Crippen LogP contribution >= 0.6 is 0 Å². The molecule has 0 aliphatic carbocycles. The Labute approximate surface area is 137 Å². The van der Waals surface area contributed by atoms with Gasteiger partial charge in [-0.1, -0.05) is 18.2 Å². The van der Waals surface area contributed by atoms with Gasteiger partial charge in [-0.05, 0) is 30.3 Å². The van der Waals surface area contributed by atoms with Crippen molar-refractivity contribution in [2.75, 3.05) is 7.11 Å². The van der Waals surface area contributed by atoms with Crippen LogP contribution in [0.4, 0.5) is 5.69 Å². The lowest BCUT2D eigenvalue weighted by Gasteiger charge is -2.02. The van der Waals surface area contributed by atoms with Crippen LogP contribution in [0.1, 0.15) is 11.1 Å². The summed E-state index contributed by atoms with van der Waals surface area (Å²) in [5, 5.41) is 11.0. The van der Waals surface area contributed by atoms with E-state index in [2.05, 4.69) is 4.99 Å². The zero-order valence-electron chi connectivity index (χ0n) is 12.6. The molecular weight excluding hydrogens is 312 g/mol. The van der Waals surface area contributed by atoms with Crippen molar-refractivity contribution >= 4 is 23.6 Å². The van der Waals surface area contributed by atoms with E-state index in [0.717, 1.165) is 0 Å². The van der Waals surface area contributed by atoms with Crippen molar-refractivity contribution in [3.63, 3.8) is 0 Å². The van der Waals surface area contributed by atoms with Crippen LogP contribution in [0.2, 0.25) is 0 Å². The number of benzene rings is 2. The Bertz CT molecular complexity index is 886. The predicted octanol–water partition coefficient (Wildman–Crippen LogP) is 2.95. The van der Waals surface area contributed by atoms with Gasteiger partial charge < -0.3 is 9.47 Å². The fraction of sp³-hybridized carbons (Fsp3) is 0.0588. The van der Waals surface area contributed by atoms with Crippen LogP contribution < -0.4 is 4.74 Å². The molecule has 0 atom stereocenters. The van der Waals surface area contributed by atoms with E-state index in [1.807, 2.05) is 0 Å². The van der Waals surface area contributed by atoms with E-state index >= 15 is 0 Å². The van der Waals surface area contributed by atoms with E-state index in [9.17, 15) is 14.9 Å². The summed E-state index contributed by atoms with van der Waals surface area (Å²) in [6.07, 6.45) is 1.34. The molecule has 7 heteroatoms. The van der Waals surface area contributed by atoms with Gasteiger partial charge in [-0.25, -0.2) is 9.79 Å². The fourth-order valence-electron chi connectivity index (χ4n) is 2.21. The molecular formula is C17H12N2O5. The van der Waals surface area contributed by atoms with Crippen LogP contribution in [-0.2, 0) is 9.53 Å². The molecule has 0 bridgehead atoms. The van der Waals surface area contributed by atoms with Crippen LogP contribution in [0.15, 0.2) is 59.2 Å². The summed E-state index contributed by atoms with van der Waals surface area (Å²) in [5.74, 6) is 0.0667.